The van der Waals surface area contributed by atoms with Crippen LogP contribution in [0, 0.1) is 6.92 Å². The van der Waals surface area contributed by atoms with Gasteiger partial charge in [-0.2, -0.15) is 4.98 Å². The summed E-state index contributed by atoms with van der Waals surface area (Å²) in [5.74, 6) is -0.605. The van der Waals surface area contributed by atoms with Gasteiger partial charge in [-0.1, -0.05) is 11.6 Å². The summed E-state index contributed by atoms with van der Waals surface area (Å²) in [6.45, 7) is 1.70. The van der Waals surface area contributed by atoms with Crippen molar-refractivity contribution < 1.29 is 14.3 Å². The van der Waals surface area contributed by atoms with Crippen LogP contribution in [-0.4, -0.2) is 16.1 Å². The first-order chi connectivity index (χ1) is 8.54. The van der Waals surface area contributed by atoms with Crippen LogP contribution in [0.15, 0.2) is 28.7 Å². The molecule has 0 fully saturated rings. The van der Waals surface area contributed by atoms with Gasteiger partial charge in [0.05, 0.1) is 5.69 Å². The number of rotatable bonds is 4. The van der Waals surface area contributed by atoms with E-state index in [9.17, 15) is 4.79 Å². The molecule has 2 aromatic rings. The molecular weight excluding hydrogens is 256 g/mol. The molecule has 0 saturated carbocycles. The first kappa shape index (κ1) is 12.4. The Labute approximate surface area is 108 Å². The summed E-state index contributed by atoms with van der Waals surface area (Å²) < 4.78 is 5.32. The summed E-state index contributed by atoms with van der Waals surface area (Å²) in [6, 6.07) is 7.29. The van der Waals surface area contributed by atoms with E-state index in [-0.39, 0.29) is 12.4 Å². The van der Waals surface area contributed by atoms with E-state index in [1.54, 1.807) is 31.2 Å². The van der Waals surface area contributed by atoms with E-state index in [0.717, 1.165) is 5.69 Å². The fraction of sp³-hybridized carbons (Fsp3) is 0.167. The van der Waals surface area contributed by atoms with Crippen LogP contribution in [0.1, 0.15) is 11.5 Å². The number of aliphatic carboxylic acids is 1. The van der Waals surface area contributed by atoms with E-state index >= 15 is 0 Å². The highest BCUT2D eigenvalue weighted by molar-refractivity contribution is 6.30. The maximum absolute atomic E-state index is 10.6. The van der Waals surface area contributed by atoms with Crippen molar-refractivity contribution in [3.8, 4) is 0 Å². The highest BCUT2D eigenvalue weighted by Crippen LogP contribution is 2.21. The van der Waals surface area contributed by atoms with Gasteiger partial charge in [-0.05, 0) is 31.2 Å². The summed E-state index contributed by atoms with van der Waals surface area (Å²) in [5, 5.41) is 12.3. The second-order valence-electron chi connectivity index (χ2n) is 3.73. The van der Waals surface area contributed by atoms with Gasteiger partial charge < -0.3 is 14.8 Å². The van der Waals surface area contributed by atoms with Crippen molar-refractivity contribution in [2.75, 3.05) is 5.32 Å². The standard InChI is InChI=1S/C12H11ClN2O3/c1-7-10(6-11(16)17)18-12(14-7)15-9-4-2-8(13)3-5-9/h2-5H,6H2,1H3,(H,14,15)(H,16,17). The molecule has 0 atom stereocenters. The molecule has 2 N–H and O–H groups in total. The van der Waals surface area contributed by atoms with Gasteiger partial charge >= 0.3 is 5.97 Å². The molecule has 0 saturated heterocycles. The Morgan fingerprint density at radius 1 is 1.44 bits per heavy atom. The van der Waals surface area contributed by atoms with Crippen LogP contribution in [0.4, 0.5) is 11.7 Å². The largest absolute Gasteiger partial charge is 0.481 e. The lowest BCUT2D eigenvalue weighted by Gasteiger charge is -2.00. The van der Waals surface area contributed by atoms with Crippen molar-refractivity contribution in [2.24, 2.45) is 0 Å². The molecule has 1 aromatic carbocycles. The molecule has 0 amide bonds. The lowest BCUT2D eigenvalue weighted by molar-refractivity contribution is -0.136. The first-order valence-corrected chi connectivity index (χ1v) is 5.63. The number of benzene rings is 1. The second-order valence-corrected chi connectivity index (χ2v) is 4.17. The van der Waals surface area contributed by atoms with Gasteiger partial charge in [-0.3, -0.25) is 4.79 Å². The number of carbonyl (C=O) groups is 1. The predicted molar refractivity (Wildman–Crippen MR) is 67.3 cm³/mol. The van der Waals surface area contributed by atoms with Crippen LogP contribution < -0.4 is 5.32 Å². The summed E-state index contributed by atoms with van der Waals surface area (Å²) in [4.78, 5) is 14.7. The third-order valence-corrected chi connectivity index (χ3v) is 2.55. The Kier molecular flexibility index (Phi) is 3.53. The molecule has 0 unspecified atom stereocenters. The van der Waals surface area contributed by atoms with Gasteiger partial charge in [0.15, 0.2) is 0 Å². The molecule has 0 aliphatic heterocycles. The smallest absolute Gasteiger partial charge is 0.311 e. The van der Waals surface area contributed by atoms with Gasteiger partial charge in [-0.15, -0.1) is 0 Å². The molecule has 1 heterocycles. The molecule has 0 spiro atoms. The quantitative estimate of drug-likeness (QED) is 0.890. The topological polar surface area (TPSA) is 75.4 Å². The van der Waals surface area contributed by atoms with Gasteiger partial charge in [0.1, 0.15) is 12.2 Å². The Hall–Kier alpha value is -2.01. The highest BCUT2D eigenvalue weighted by Gasteiger charge is 2.12. The zero-order valence-electron chi connectivity index (χ0n) is 9.61. The number of anilines is 2. The van der Waals surface area contributed by atoms with Crippen molar-refractivity contribution in [3.63, 3.8) is 0 Å². The molecule has 6 heteroatoms. The molecule has 0 bridgehead atoms. The summed E-state index contributed by atoms with van der Waals surface area (Å²) in [7, 11) is 0. The summed E-state index contributed by atoms with van der Waals surface area (Å²) >= 11 is 5.77. The number of nitrogens with zero attached hydrogens (tertiary/aromatic N) is 1. The Morgan fingerprint density at radius 3 is 2.72 bits per heavy atom. The molecule has 0 radical (unpaired) electrons. The third kappa shape index (κ3) is 3.01. The molecule has 2 rings (SSSR count). The predicted octanol–water partition coefficient (Wildman–Crippen LogP) is 3.01. The van der Waals surface area contributed by atoms with Crippen molar-refractivity contribution >= 4 is 29.3 Å². The zero-order valence-corrected chi connectivity index (χ0v) is 10.4. The molecule has 0 aliphatic rings. The number of oxazole rings is 1. The number of hydrogen-bond acceptors (Lipinski definition) is 4. The van der Waals surface area contributed by atoms with Crippen LogP contribution in [-0.2, 0) is 11.2 Å². The summed E-state index contributed by atoms with van der Waals surface area (Å²) in [5.41, 5.74) is 1.33. The van der Waals surface area contributed by atoms with Crippen molar-refractivity contribution in [1.82, 2.24) is 4.98 Å². The van der Waals surface area contributed by atoms with E-state index in [4.69, 9.17) is 21.1 Å². The molecule has 1 aromatic heterocycles. The molecule has 5 nitrogen and oxygen atoms in total. The highest BCUT2D eigenvalue weighted by atomic mass is 35.5. The van der Waals surface area contributed by atoms with Crippen LogP contribution in [0.3, 0.4) is 0 Å². The Morgan fingerprint density at radius 2 is 2.11 bits per heavy atom. The Bertz CT molecular complexity index is 563. The van der Waals surface area contributed by atoms with E-state index in [1.807, 2.05) is 0 Å². The van der Waals surface area contributed by atoms with Crippen molar-refractivity contribution in [2.45, 2.75) is 13.3 Å². The third-order valence-electron chi connectivity index (χ3n) is 2.30. The maximum atomic E-state index is 10.6. The van der Waals surface area contributed by atoms with Crippen molar-refractivity contribution in [1.29, 1.82) is 0 Å². The number of hydrogen-bond donors (Lipinski definition) is 2. The lowest BCUT2D eigenvalue weighted by Crippen LogP contribution is -1.99. The zero-order chi connectivity index (χ0) is 13.1. The number of nitrogens with one attached hydrogen (secondary N) is 1. The van der Waals surface area contributed by atoms with E-state index < -0.39 is 5.97 Å². The average Bonchev–Trinajstić information content (AvgIpc) is 2.62. The minimum atomic E-state index is -0.952. The number of aryl methyl sites for hydroxylation is 1. The van der Waals surface area contributed by atoms with E-state index in [2.05, 4.69) is 10.3 Å². The maximum Gasteiger partial charge on any atom is 0.311 e. The van der Waals surface area contributed by atoms with Gasteiger partial charge in [0.2, 0.25) is 0 Å². The SMILES string of the molecule is Cc1nc(Nc2ccc(Cl)cc2)oc1CC(=O)O. The van der Waals surface area contributed by atoms with Crippen LogP contribution in [0.5, 0.6) is 0 Å². The fourth-order valence-corrected chi connectivity index (χ4v) is 1.57. The van der Waals surface area contributed by atoms with Gasteiger partial charge in [0, 0.05) is 10.7 Å². The number of carboxylic acid groups (broad SMARTS) is 1. The minimum Gasteiger partial charge on any atom is -0.481 e. The number of halogens is 1. The van der Waals surface area contributed by atoms with Crippen LogP contribution >= 0.6 is 11.6 Å². The second kappa shape index (κ2) is 5.10. The Balaban J connectivity index is 2.14. The first-order valence-electron chi connectivity index (χ1n) is 5.25. The van der Waals surface area contributed by atoms with E-state index in [0.29, 0.717) is 16.5 Å². The number of aromatic nitrogens is 1. The molecule has 94 valence electrons. The number of carboxylic acids is 1. The fourth-order valence-electron chi connectivity index (χ4n) is 1.44. The van der Waals surface area contributed by atoms with Crippen LogP contribution in [0.25, 0.3) is 0 Å². The minimum absolute atomic E-state index is 0.179. The average molecular weight is 267 g/mol. The van der Waals surface area contributed by atoms with Crippen molar-refractivity contribution in [3.05, 3.63) is 40.7 Å². The molecule has 18 heavy (non-hydrogen) atoms. The monoisotopic (exact) mass is 266 g/mol. The molecule has 0 aliphatic carbocycles. The van der Waals surface area contributed by atoms with E-state index in [1.165, 1.54) is 0 Å². The van der Waals surface area contributed by atoms with Gasteiger partial charge in [-0.25, -0.2) is 0 Å². The lowest BCUT2D eigenvalue weighted by atomic mass is 10.3. The van der Waals surface area contributed by atoms with Gasteiger partial charge in [0.25, 0.3) is 6.01 Å². The summed E-state index contributed by atoms with van der Waals surface area (Å²) in [6.07, 6.45) is -0.179. The molecular formula is C12H11ClN2O3. The normalized spacial score (nSPS) is 10.3. The van der Waals surface area contributed by atoms with Crippen LogP contribution in [0.2, 0.25) is 5.02 Å².